The van der Waals surface area contributed by atoms with Gasteiger partial charge in [-0.3, -0.25) is 9.59 Å². The van der Waals surface area contributed by atoms with Crippen LogP contribution in [0.2, 0.25) is 0 Å². The molecule has 0 fully saturated rings. The summed E-state index contributed by atoms with van der Waals surface area (Å²) in [6.45, 7) is 1.83. The Balaban J connectivity index is 1.63. The highest BCUT2D eigenvalue weighted by Gasteiger charge is 2.28. The number of Topliss-reactive ketones (excluding diaryl/α,β-unsaturated/α-hetero) is 1. The van der Waals surface area contributed by atoms with Crippen LogP contribution >= 0.6 is 0 Å². The summed E-state index contributed by atoms with van der Waals surface area (Å²) in [5.74, 6) is -0.460. The van der Waals surface area contributed by atoms with E-state index in [-0.39, 0.29) is 30.8 Å². The number of nitrogens with one attached hydrogen (secondary N) is 2. The Bertz CT molecular complexity index is 882. The molecule has 6 heteroatoms. The van der Waals surface area contributed by atoms with Crippen LogP contribution in [0.3, 0.4) is 0 Å². The Morgan fingerprint density at radius 1 is 1.07 bits per heavy atom. The van der Waals surface area contributed by atoms with E-state index in [9.17, 15) is 14.4 Å². The number of ether oxygens (including phenoxy) is 1. The third-order valence-electron chi connectivity index (χ3n) is 5.33. The predicted molar refractivity (Wildman–Crippen MR) is 114 cm³/mol. The van der Waals surface area contributed by atoms with Crippen LogP contribution in [-0.2, 0) is 27.4 Å². The molecule has 0 saturated carbocycles. The highest BCUT2D eigenvalue weighted by atomic mass is 16.5. The average Bonchev–Trinajstić information content (AvgIpc) is 2.78. The maximum atomic E-state index is 12.9. The number of amides is 2. The minimum Gasteiger partial charge on any atom is -0.445 e. The minimum atomic E-state index is -0.963. The van der Waals surface area contributed by atoms with Crippen molar-refractivity contribution in [3.8, 4) is 0 Å². The van der Waals surface area contributed by atoms with E-state index < -0.39 is 12.1 Å². The normalized spacial score (nSPS) is 16.1. The minimum absolute atomic E-state index is 0.0584. The van der Waals surface area contributed by atoms with Gasteiger partial charge in [-0.2, -0.15) is 0 Å². The van der Waals surface area contributed by atoms with Crippen LogP contribution in [0, 0.1) is 0 Å². The lowest BCUT2D eigenvalue weighted by Gasteiger charge is -2.28. The molecular formula is C24H28N2O4. The maximum Gasteiger partial charge on any atom is 0.408 e. The lowest BCUT2D eigenvalue weighted by molar-refractivity contribution is -0.127. The number of fused-ring (bicyclic) bond motifs is 1. The Labute approximate surface area is 177 Å². The molecule has 2 atom stereocenters. The van der Waals surface area contributed by atoms with Crippen molar-refractivity contribution in [3.05, 3.63) is 71.3 Å². The number of alkyl carbamates (subject to hydrolysis) is 1. The summed E-state index contributed by atoms with van der Waals surface area (Å²) in [4.78, 5) is 37.2. The Hall–Kier alpha value is -3.15. The third-order valence-corrected chi connectivity index (χ3v) is 5.33. The van der Waals surface area contributed by atoms with Gasteiger partial charge < -0.3 is 15.4 Å². The van der Waals surface area contributed by atoms with Gasteiger partial charge in [0.1, 0.15) is 18.4 Å². The first-order valence-corrected chi connectivity index (χ1v) is 10.4. The van der Waals surface area contributed by atoms with E-state index in [4.69, 9.17) is 4.74 Å². The number of rotatable bonds is 8. The van der Waals surface area contributed by atoms with Crippen molar-refractivity contribution in [2.75, 3.05) is 0 Å². The maximum absolute atomic E-state index is 12.9. The number of hydrogen-bond acceptors (Lipinski definition) is 4. The first-order valence-electron chi connectivity index (χ1n) is 10.4. The number of aryl methyl sites for hydroxylation is 1. The van der Waals surface area contributed by atoms with Crippen molar-refractivity contribution in [1.29, 1.82) is 0 Å². The zero-order valence-corrected chi connectivity index (χ0v) is 17.2. The van der Waals surface area contributed by atoms with E-state index in [1.54, 1.807) is 6.92 Å². The van der Waals surface area contributed by atoms with Gasteiger partial charge in [0.15, 0.2) is 0 Å². The van der Waals surface area contributed by atoms with Gasteiger partial charge in [-0.1, -0.05) is 61.5 Å². The second-order valence-electron chi connectivity index (χ2n) is 7.51. The monoisotopic (exact) mass is 408 g/mol. The van der Waals surface area contributed by atoms with Crippen molar-refractivity contribution in [1.82, 2.24) is 10.6 Å². The van der Waals surface area contributed by atoms with Crippen LogP contribution in [0.1, 0.15) is 55.3 Å². The smallest absolute Gasteiger partial charge is 0.408 e. The van der Waals surface area contributed by atoms with Crippen molar-refractivity contribution < 1.29 is 19.1 Å². The average molecular weight is 408 g/mol. The molecule has 2 amide bonds. The van der Waals surface area contributed by atoms with Crippen LogP contribution < -0.4 is 10.6 Å². The molecule has 0 saturated heterocycles. The summed E-state index contributed by atoms with van der Waals surface area (Å²) in [5, 5.41) is 5.59. The molecule has 0 spiro atoms. The topological polar surface area (TPSA) is 84.5 Å². The molecule has 2 aromatic rings. The molecule has 0 aliphatic heterocycles. The number of hydrogen-bond donors (Lipinski definition) is 2. The van der Waals surface area contributed by atoms with Crippen LogP contribution in [0.15, 0.2) is 54.6 Å². The molecule has 3 rings (SSSR count). The summed E-state index contributed by atoms with van der Waals surface area (Å²) in [5.41, 5.74) is 3.17. The molecule has 0 radical (unpaired) electrons. The summed E-state index contributed by atoms with van der Waals surface area (Å²) >= 11 is 0. The molecule has 0 heterocycles. The first kappa shape index (κ1) is 21.6. The van der Waals surface area contributed by atoms with Crippen molar-refractivity contribution >= 4 is 17.8 Å². The van der Waals surface area contributed by atoms with E-state index in [0.717, 1.165) is 30.4 Å². The van der Waals surface area contributed by atoms with Crippen molar-refractivity contribution in [3.63, 3.8) is 0 Å². The fraction of sp³-hybridized carbons (Fsp3) is 0.375. The van der Waals surface area contributed by atoms with E-state index in [1.807, 2.05) is 48.5 Å². The molecule has 2 N–H and O–H groups in total. The first-order chi connectivity index (χ1) is 14.6. The third kappa shape index (κ3) is 5.92. The Morgan fingerprint density at radius 2 is 1.80 bits per heavy atom. The second-order valence-corrected chi connectivity index (χ2v) is 7.51. The van der Waals surface area contributed by atoms with Crippen molar-refractivity contribution in [2.24, 2.45) is 0 Å². The van der Waals surface area contributed by atoms with Crippen LogP contribution in [-0.4, -0.2) is 23.8 Å². The SMILES string of the molecule is CCC(=O)C[C@H](NC(=O)OCc1ccccc1)C(=O)N[C@@H]1CCCc2ccccc21. The summed E-state index contributed by atoms with van der Waals surface area (Å²) < 4.78 is 5.23. The van der Waals surface area contributed by atoms with Gasteiger partial charge in [-0.25, -0.2) is 4.79 Å². The zero-order chi connectivity index (χ0) is 21.3. The van der Waals surface area contributed by atoms with Crippen molar-refractivity contribution in [2.45, 2.75) is 57.7 Å². The molecule has 0 aromatic heterocycles. The van der Waals surface area contributed by atoms with Gasteiger partial charge in [0.05, 0.1) is 6.04 Å². The summed E-state index contributed by atoms with van der Waals surface area (Å²) in [6, 6.07) is 16.2. The zero-order valence-electron chi connectivity index (χ0n) is 17.2. The highest BCUT2D eigenvalue weighted by molar-refractivity contribution is 5.91. The summed E-state index contributed by atoms with van der Waals surface area (Å²) in [6.07, 6.45) is 2.33. The molecule has 6 nitrogen and oxygen atoms in total. The van der Waals surface area contributed by atoms with Gasteiger partial charge in [-0.05, 0) is 36.0 Å². The largest absolute Gasteiger partial charge is 0.445 e. The number of carbonyl (C=O) groups excluding carboxylic acids is 3. The fourth-order valence-electron chi connectivity index (χ4n) is 3.66. The number of ketones is 1. The van der Waals surface area contributed by atoms with Gasteiger partial charge >= 0.3 is 6.09 Å². The fourth-order valence-corrected chi connectivity index (χ4v) is 3.66. The quantitative estimate of drug-likeness (QED) is 0.695. The highest BCUT2D eigenvalue weighted by Crippen LogP contribution is 2.29. The number of benzene rings is 2. The molecule has 1 aliphatic rings. The van der Waals surface area contributed by atoms with Gasteiger partial charge in [-0.15, -0.1) is 0 Å². The molecule has 158 valence electrons. The predicted octanol–water partition coefficient (Wildman–Crippen LogP) is 3.84. The lowest BCUT2D eigenvalue weighted by atomic mass is 9.87. The second kappa shape index (κ2) is 10.6. The van der Waals surface area contributed by atoms with E-state index >= 15 is 0 Å². The van der Waals surface area contributed by atoms with Gasteiger partial charge in [0.2, 0.25) is 5.91 Å². The Kier molecular flexibility index (Phi) is 7.60. The van der Waals surface area contributed by atoms with E-state index in [1.165, 1.54) is 5.56 Å². The standard InChI is InChI=1S/C24H28N2O4/c1-2-19(27)15-22(26-24(29)30-16-17-9-4-3-5-10-17)23(28)25-21-14-8-12-18-11-6-7-13-20(18)21/h3-7,9-11,13,21-22H,2,8,12,14-16H2,1H3,(H,25,28)(H,26,29)/t21-,22+/m1/s1. The molecule has 0 bridgehead atoms. The molecular weight excluding hydrogens is 380 g/mol. The van der Waals surface area contributed by atoms with E-state index in [2.05, 4.69) is 16.7 Å². The van der Waals surface area contributed by atoms with E-state index in [0.29, 0.717) is 6.42 Å². The molecule has 30 heavy (non-hydrogen) atoms. The van der Waals surface area contributed by atoms with Crippen LogP contribution in [0.5, 0.6) is 0 Å². The van der Waals surface area contributed by atoms with Crippen LogP contribution in [0.25, 0.3) is 0 Å². The molecule has 1 aliphatic carbocycles. The number of carbonyl (C=O) groups is 3. The molecule has 2 aromatic carbocycles. The van der Waals surface area contributed by atoms with Gasteiger partial charge in [0, 0.05) is 12.8 Å². The Morgan fingerprint density at radius 3 is 2.57 bits per heavy atom. The van der Waals surface area contributed by atoms with Gasteiger partial charge in [0.25, 0.3) is 0 Å². The molecule has 0 unspecified atom stereocenters. The summed E-state index contributed by atoms with van der Waals surface area (Å²) in [7, 11) is 0. The van der Waals surface area contributed by atoms with Crippen LogP contribution in [0.4, 0.5) is 4.79 Å². The lowest BCUT2D eigenvalue weighted by Crippen LogP contribution is -2.49.